The van der Waals surface area contributed by atoms with Gasteiger partial charge in [0.05, 0.1) is 26.4 Å². The van der Waals surface area contributed by atoms with Crippen LogP contribution in [0.4, 0.5) is 0 Å². The highest BCUT2D eigenvalue weighted by atomic mass is 31.2. The number of hydrogen-bond donors (Lipinski definition) is 3. The van der Waals surface area contributed by atoms with Crippen LogP contribution in [0.2, 0.25) is 0 Å². The molecule has 0 bridgehead atoms. The number of esters is 4. The molecule has 0 aromatic heterocycles. The summed E-state index contributed by atoms with van der Waals surface area (Å²) in [5.41, 5.74) is 0. The lowest BCUT2D eigenvalue weighted by Crippen LogP contribution is -2.30. The molecule has 0 radical (unpaired) electrons. The van der Waals surface area contributed by atoms with Crippen molar-refractivity contribution in [1.29, 1.82) is 0 Å². The molecule has 594 valence electrons. The van der Waals surface area contributed by atoms with Gasteiger partial charge in [-0.1, -0.05) is 306 Å². The zero-order valence-corrected chi connectivity index (χ0v) is 66.8. The second-order valence-corrected chi connectivity index (χ2v) is 30.6. The largest absolute Gasteiger partial charge is 0.472 e. The first-order valence-electron chi connectivity index (χ1n) is 41.2. The van der Waals surface area contributed by atoms with Crippen LogP contribution in [-0.2, 0) is 65.4 Å². The Kier molecular flexibility index (Phi) is 73.1. The molecule has 0 aliphatic heterocycles. The lowest BCUT2D eigenvalue weighted by atomic mass is 10.0. The normalized spacial score (nSPS) is 14.2. The van der Waals surface area contributed by atoms with Gasteiger partial charge in [0.15, 0.2) is 12.2 Å². The van der Waals surface area contributed by atoms with Crippen LogP contribution in [0.1, 0.15) is 374 Å². The molecule has 0 saturated carbocycles. The molecule has 0 aliphatic rings. The zero-order chi connectivity index (χ0) is 74.6. The third kappa shape index (κ3) is 74.8. The molecule has 5 unspecified atom stereocenters. The molecule has 0 fully saturated rings. The standard InChI is InChI=1S/C83H150O17P2/c1-5-9-13-17-21-25-29-33-36-37-38-39-42-45-48-52-56-60-64-68-81(86)94-74-79(100-83(88)70-66-62-58-54-50-46-41-35-31-27-23-19-15-11-7-3)76-98-102(91,92)96-72-77(84)71-95-101(89,90)97-75-78(99-82(87)69-65-61-57-53-49-43-32-28-24-20-16-12-8-4)73-93-80(85)67-63-59-55-51-47-44-40-34-30-26-22-18-14-10-6-2/h16,20-21,25,28,32-33,35-36,38-39,41,77-79,84H,5-15,17-19,22-24,26-27,29-31,34,37,40,42-76H2,1-4H3,(H,89,90)(H,91,92)/b20-16-,25-21-,32-28-,36-33-,39-38-,41-35-. The van der Waals surface area contributed by atoms with Crippen molar-refractivity contribution in [2.24, 2.45) is 0 Å². The van der Waals surface area contributed by atoms with E-state index in [1.807, 2.05) is 0 Å². The van der Waals surface area contributed by atoms with Gasteiger partial charge in [0.1, 0.15) is 19.3 Å². The number of carbonyl (C=O) groups excluding carboxylic acids is 4. The number of aliphatic hydroxyl groups is 1. The fourth-order valence-electron chi connectivity index (χ4n) is 11.3. The van der Waals surface area contributed by atoms with Crippen LogP contribution in [-0.4, -0.2) is 96.7 Å². The van der Waals surface area contributed by atoms with E-state index in [-0.39, 0.29) is 25.7 Å². The van der Waals surface area contributed by atoms with E-state index in [0.717, 1.165) is 167 Å². The second-order valence-electron chi connectivity index (χ2n) is 27.7. The average Bonchev–Trinajstić information content (AvgIpc) is 0.944. The molecular weight excluding hydrogens is 1330 g/mol. The summed E-state index contributed by atoms with van der Waals surface area (Å²) >= 11 is 0. The van der Waals surface area contributed by atoms with Gasteiger partial charge in [0, 0.05) is 25.7 Å². The molecule has 0 rings (SSSR count). The van der Waals surface area contributed by atoms with Crippen LogP contribution in [0.15, 0.2) is 72.9 Å². The number of hydrogen-bond acceptors (Lipinski definition) is 15. The highest BCUT2D eigenvalue weighted by molar-refractivity contribution is 7.47. The monoisotopic (exact) mass is 1480 g/mol. The summed E-state index contributed by atoms with van der Waals surface area (Å²) in [7, 11) is -9.95. The molecule has 0 saturated heterocycles. The van der Waals surface area contributed by atoms with E-state index < -0.39 is 97.5 Å². The number of carbonyl (C=O) groups is 4. The van der Waals surface area contributed by atoms with Crippen molar-refractivity contribution in [1.82, 2.24) is 0 Å². The van der Waals surface area contributed by atoms with Crippen molar-refractivity contribution in [3.8, 4) is 0 Å². The number of ether oxygens (including phenoxy) is 4. The van der Waals surface area contributed by atoms with Gasteiger partial charge in [-0.2, -0.15) is 0 Å². The van der Waals surface area contributed by atoms with E-state index in [1.54, 1.807) is 0 Å². The molecule has 19 heteroatoms. The number of allylic oxidation sites excluding steroid dienone is 12. The number of phosphoric ester groups is 2. The van der Waals surface area contributed by atoms with Gasteiger partial charge in [-0.15, -0.1) is 0 Å². The Balaban J connectivity index is 5.33. The van der Waals surface area contributed by atoms with E-state index in [9.17, 15) is 43.2 Å². The topological polar surface area (TPSA) is 237 Å². The predicted octanol–water partition coefficient (Wildman–Crippen LogP) is 24.0. The maximum atomic E-state index is 13.1. The van der Waals surface area contributed by atoms with Crippen LogP contribution < -0.4 is 0 Å². The summed E-state index contributed by atoms with van der Waals surface area (Å²) in [4.78, 5) is 73.0. The Morgan fingerprint density at radius 3 is 0.804 bits per heavy atom. The Hall–Kier alpha value is -3.50. The lowest BCUT2D eigenvalue weighted by molar-refractivity contribution is -0.161. The maximum Gasteiger partial charge on any atom is 0.472 e. The fraction of sp³-hybridized carbons (Fsp3) is 0.807. The number of rotatable bonds is 78. The van der Waals surface area contributed by atoms with Gasteiger partial charge in [-0.3, -0.25) is 37.3 Å². The van der Waals surface area contributed by atoms with Gasteiger partial charge in [-0.05, 0) is 116 Å². The maximum absolute atomic E-state index is 13.1. The third-order valence-corrected chi connectivity index (χ3v) is 19.5. The first kappa shape index (κ1) is 98.5. The van der Waals surface area contributed by atoms with Crippen molar-refractivity contribution in [2.75, 3.05) is 39.6 Å². The van der Waals surface area contributed by atoms with Crippen LogP contribution in [0.3, 0.4) is 0 Å². The van der Waals surface area contributed by atoms with Crippen molar-refractivity contribution in [3.05, 3.63) is 72.9 Å². The summed E-state index contributed by atoms with van der Waals surface area (Å²) in [6.07, 6.45) is 77.3. The Labute approximate surface area is 622 Å². The van der Waals surface area contributed by atoms with Gasteiger partial charge in [0.2, 0.25) is 0 Å². The molecule has 0 aromatic rings. The number of unbranched alkanes of at least 4 members (excludes halogenated alkanes) is 40. The number of phosphoric acid groups is 2. The summed E-state index contributed by atoms with van der Waals surface area (Å²) < 4.78 is 68.7. The molecule has 5 atom stereocenters. The van der Waals surface area contributed by atoms with Gasteiger partial charge >= 0.3 is 39.5 Å². The van der Waals surface area contributed by atoms with Crippen molar-refractivity contribution < 1.29 is 80.2 Å². The van der Waals surface area contributed by atoms with Crippen LogP contribution in [0.5, 0.6) is 0 Å². The minimum atomic E-state index is -4.98. The van der Waals surface area contributed by atoms with Crippen LogP contribution >= 0.6 is 15.6 Å². The van der Waals surface area contributed by atoms with Gasteiger partial charge in [-0.25, -0.2) is 9.13 Å². The highest BCUT2D eigenvalue weighted by Crippen LogP contribution is 2.45. The Morgan fingerprint density at radius 1 is 0.275 bits per heavy atom. The predicted molar refractivity (Wildman–Crippen MR) is 418 cm³/mol. The number of aliphatic hydroxyl groups excluding tert-OH is 1. The first-order chi connectivity index (χ1) is 49.7. The molecule has 0 spiro atoms. The molecular formula is C83H150O17P2. The third-order valence-electron chi connectivity index (χ3n) is 17.6. The summed E-state index contributed by atoms with van der Waals surface area (Å²) in [5.74, 6) is -2.18. The molecule has 0 aromatic carbocycles. The van der Waals surface area contributed by atoms with E-state index in [4.69, 9.17) is 37.0 Å². The molecule has 3 N–H and O–H groups in total. The van der Waals surface area contributed by atoms with Crippen LogP contribution in [0, 0.1) is 0 Å². The summed E-state index contributed by atoms with van der Waals surface area (Å²) in [5, 5.41) is 10.6. The minimum absolute atomic E-state index is 0.0828. The Morgan fingerprint density at radius 2 is 0.500 bits per heavy atom. The van der Waals surface area contributed by atoms with Crippen molar-refractivity contribution in [3.63, 3.8) is 0 Å². The van der Waals surface area contributed by atoms with Crippen molar-refractivity contribution in [2.45, 2.75) is 393 Å². The molecule has 0 amide bonds. The molecule has 102 heavy (non-hydrogen) atoms. The van der Waals surface area contributed by atoms with Crippen molar-refractivity contribution >= 4 is 39.5 Å². The summed E-state index contributed by atoms with van der Waals surface area (Å²) in [6, 6.07) is 0. The summed E-state index contributed by atoms with van der Waals surface area (Å²) in [6.45, 7) is 4.81. The average molecular weight is 1480 g/mol. The van der Waals surface area contributed by atoms with Gasteiger partial charge in [0.25, 0.3) is 0 Å². The fourth-order valence-corrected chi connectivity index (χ4v) is 12.9. The molecule has 17 nitrogen and oxygen atoms in total. The van der Waals surface area contributed by atoms with Gasteiger partial charge < -0.3 is 33.8 Å². The molecule has 0 heterocycles. The highest BCUT2D eigenvalue weighted by Gasteiger charge is 2.30. The zero-order valence-electron chi connectivity index (χ0n) is 65.0. The lowest BCUT2D eigenvalue weighted by Gasteiger charge is -2.21. The minimum Gasteiger partial charge on any atom is -0.462 e. The quantitative estimate of drug-likeness (QED) is 0.0169. The van der Waals surface area contributed by atoms with E-state index in [1.165, 1.54) is 128 Å². The van der Waals surface area contributed by atoms with E-state index in [2.05, 4.69) is 101 Å². The smallest absolute Gasteiger partial charge is 0.462 e. The second kappa shape index (κ2) is 75.7. The first-order valence-corrected chi connectivity index (χ1v) is 44.2. The van der Waals surface area contributed by atoms with E-state index >= 15 is 0 Å². The van der Waals surface area contributed by atoms with E-state index in [0.29, 0.717) is 25.7 Å². The van der Waals surface area contributed by atoms with Crippen LogP contribution in [0.25, 0.3) is 0 Å². The SMILES string of the molecule is CCC/C=C\C/C=C\CCCCCCCC(=O)OC(COC(=O)CCCCCCCCCCCCCCCCC)COP(=O)(O)OCC(O)COP(=O)(O)OCC(COC(=O)CCCCCCCC/C=C\C/C=C\C/C=C\CCCCC)OC(=O)CCCCCCC/C=C\CCCCCCCC. The Bertz CT molecular complexity index is 2210. The molecule has 0 aliphatic carbocycles.